The van der Waals surface area contributed by atoms with E-state index in [9.17, 15) is 19.4 Å². The van der Waals surface area contributed by atoms with Gasteiger partial charge in [-0.05, 0) is 34.7 Å². The van der Waals surface area contributed by atoms with Gasteiger partial charge in [-0.2, -0.15) is 0 Å². The number of ether oxygens (including phenoxy) is 1. The molecule has 5 N–H and O–H groups in total. The Hall–Kier alpha value is -3.49. The molecule has 2 unspecified atom stereocenters. The second-order valence-corrected chi connectivity index (χ2v) is 7.68. The zero-order chi connectivity index (χ0) is 22.7. The lowest BCUT2D eigenvalue weighted by molar-refractivity contribution is 0.0138. The number of carbonyl (C=O) groups excluding carboxylic acids is 1. The topological polar surface area (TPSA) is 118 Å². The van der Waals surface area contributed by atoms with Crippen molar-refractivity contribution in [1.82, 2.24) is 10.3 Å². The number of nitrogens with zero attached hydrogens (tertiary/aromatic N) is 1. The second kappa shape index (κ2) is 9.33. The first-order valence-electron chi connectivity index (χ1n) is 10.3. The predicted octanol–water partition coefficient (Wildman–Crippen LogP) is 3.13. The molecule has 0 fully saturated rings. The van der Waals surface area contributed by atoms with Crippen molar-refractivity contribution < 1.29 is 24.1 Å². The lowest BCUT2D eigenvalue weighted by atomic mass is 9.98. The molecule has 2 atom stereocenters. The van der Waals surface area contributed by atoms with Gasteiger partial charge in [0.25, 0.3) is 0 Å². The molecular weight excluding hydrogens is 413 g/mol. The van der Waals surface area contributed by atoms with Crippen molar-refractivity contribution in [3.63, 3.8) is 0 Å². The Morgan fingerprint density at radius 1 is 1.12 bits per heavy atom. The number of hydrogen-bond donors (Lipinski definition) is 4. The number of fused-ring (bicyclic) bond motifs is 3. The van der Waals surface area contributed by atoms with E-state index < -0.39 is 24.1 Å². The van der Waals surface area contributed by atoms with Crippen molar-refractivity contribution in [3.8, 4) is 11.1 Å². The Labute approximate surface area is 184 Å². The van der Waals surface area contributed by atoms with Crippen molar-refractivity contribution >= 4 is 11.9 Å². The summed E-state index contributed by atoms with van der Waals surface area (Å²) in [5.41, 5.74) is 10.1. The van der Waals surface area contributed by atoms with E-state index in [0.29, 0.717) is 0 Å². The summed E-state index contributed by atoms with van der Waals surface area (Å²) in [5, 5.41) is 22.9. The first-order valence-corrected chi connectivity index (χ1v) is 10.3. The Morgan fingerprint density at radius 3 is 2.41 bits per heavy atom. The van der Waals surface area contributed by atoms with Gasteiger partial charge < -0.3 is 26.0 Å². The predicted molar refractivity (Wildman–Crippen MR) is 117 cm³/mol. The smallest absolute Gasteiger partial charge is 0.407 e. The number of anilines is 1. The molecule has 0 bridgehead atoms. The molecule has 8 heteroatoms. The quantitative estimate of drug-likeness (QED) is 0.451. The molecule has 1 amide bonds. The van der Waals surface area contributed by atoms with E-state index in [4.69, 9.17) is 10.5 Å². The molecule has 2 aromatic carbocycles. The minimum atomic E-state index is -1.43. The summed E-state index contributed by atoms with van der Waals surface area (Å²) in [5.74, 6) is -0.788. The maximum atomic E-state index is 13.3. The minimum Gasteiger partial charge on any atom is -0.449 e. The molecule has 1 aromatic heterocycles. The van der Waals surface area contributed by atoms with E-state index in [2.05, 4.69) is 22.4 Å². The van der Waals surface area contributed by atoms with Gasteiger partial charge in [0, 0.05) is 18.0 Å². The van der Waals surface area contributed by atoms with Gasteiger partial charge in [-0.15, -0.1) is 0 Å². The summed E-state index contributed by atoms with van der Waals surface area (Å²) in [6.45, 7) is 0.230. The van der Waals surface area contributed by atoms with Crippen LogP contribution in [0.5, 0.6) is 0 Å². The van der Waals surface area contributed by atoms with Crippen LogP contribution in [0.4, 0.5) is 15.0 Å². The molecule has 0 aliphatic heterocycles. The number of nitrogen functional groups attached to an aromatic ring is 1. The number of aliphatic hydroxyl groups excluding tert-OH is 2. The van der Waals surface area contributed by atoms with Gasteiger partial charge in [-0.25, -0.2) is 14.2 Å². The van der Waals surface area contributed by atoms with Crippen molar-refractivity contribution in [2.45, 2.75) is 24.5 Å². The third-order valence-electron chi connectivity index (χ3n) is 5.65. The first kappa shape index (κ1) is 21.7. The molecular formula is C24H24FN3O4. The number of carbonyl (C=O) groups is 1. The molecule has 1 aliphatic carbocycles. The number of alkyl carbamates (subject to hydrolysis) is 1. The lowest BCUT2D eigenvalue weighted by Crippen LogP contribution is -2.31. The van der Waals surface area contributed by atoms with Gasteiger partial charge in [0.1, 0.15) is 24.3 Å². The molecule has 1 heterocycles. The summed E-state index contributed by atoms with van der Waals surface area (Å²) >= 11 is 0. The monoisotopic (exact) mass is 437 g/mol. The van der Waals surface area contributed by atoms with Crippen LogP contribution < -0.4 is 11.1 Å². The number of hydrogen-bond acceptors (Lipinski definition) is 6. The molecule has 4 rings (SSSR count). The van der Waals surface area contributed by atoms with E-state index in [1.165, 1.54) is 0 Å². The number of halogens is 1. The van der Waals surface area contributed by atoms with Gasteiger partial charge in [-0.1, -0.05) is 48.5 Å². The standard InChI is InChI=1S/C24H24FN3O4/c25-14-11-19(23(26)28-12-14)22(30)21(29)9-10-27-24(31)32-13-20-17-7-3-1-5-15(17)16-6-2-4-8-18(16)20/h1-8,11-12,20-22,29-30H,9-10,13H2,(H2,26,28)(H,27,31). The molecule has 0 saturated heterocycles. The van der Waals surface area contributed by atoms with Crippen LogP contribution in [0.1, 0.15) is 35.1 Å². The van der Waals surface area contributed by atoms with Crippen molar-refractivity contribution in [2.75, 3.05) is 18.9 Å². The Bertz CT molecular complexity index is 1080. The third kappa shape index (κ3) is 4.42. The molecule has 7 nitrogen and oxygen atoms in total. The molecule has 3 aromatic rings. The average Bonchev–Trinajstić information content (AvgIpc) is 3.12. The van der Waals surface area contributed by atoms with E-state index in [1.54, 1.807) is 0 Å². The summed E-state index contributed by atoms with van der Waals surface area (Å²) in [7, 11) is 0. The molecule has 166 valence electrons. The fraction of sp³-hybridized carbons (Fsp3) is 0.250. The normalized spacial score (nSPS) is 14.3. The molecule has 1 aliphatic rings. The minimum absolute atomic E-state index is 0.00126. The molecule has 32 heavy (non-hydrogen) atoms. The van der Waals surface area contributed by atoms with Crippen LogP contribution in [0, 0.1) is 5.82 Å². The average molecular weight is 437 g/mol. The Balaban J connectivity index is 1.29. The van der Waals surface area contributed by atoms with Gasteiger partial charge in [0.05, 0.1) is 12.3 Å². The number of amides is 1. The number of benzene rings is 2. The fourth-order valence-corrected chi connectivity index (χ4v) is 4.04. The highest BCUT2D eigenvalue weighted by atomic mass is 19.1. The second-order valence-electron chi connectivity index (χ2n) is 7.68. The largest absolute Gasteiger partial charge is 0.449 e. The van der Waals surface area contributed by atoms with E-state index in [1.807, 2.05) is 36.4 Å². The van der Waals surface area contributed by atoms with E-state index >= 15 is 0 Å². The Kier molecular flexibility index (Phi) is 6.34. The van der Waals surface area contributed by atoms with E-state index in [0.717, 1.165) is 34.5 Å². The van der Waals surface area contributed by atoms with Gasteiger partial charge in [0.15, 0.2) is 0 Å². The van der Waals surface area contributed by atoms with Crippen LogP contribution in [0.3, 0.4) is 0 Å². The van der Waals surface area contributed by atoms with Crippen LogP contribution in [0.15, 0.2) is 60.8 Å². The lowest BCUT2D eigenvalue weighted by Gasteiger charge is -2.19. The highest BCUT2D eigenvalue weighted by molar-refractivity contribution is 5.79. The number of rotatable bonds is 7. The zero-order valence-electron chi connectivity index (χ0n) is 17.2. The van der Waals surface area contributed by atoms with Gasteiger partial charge in [-0.3, -0.25) is 0 Å². The van der Waals surface area contributed by atoms with Crippen LogP contribution in [0.2, 0.25) is 0 Å². The summed E-state index contributed by atoms with van der Waals surface area (Å²) in [6, 6.07) is 17.1. The molecule has 0 spiro atoms. The first-order chi connectivity index (χ1) is 15.5. The molecule has 0 saturated carbocycles. The number of aliphatic hydroxyl groups is 2. The van der Waals surface area contributed by atoms with Crippen LogP contribution in [0.25, 0.3) is 11.1 Å². The number of nitrogens with two attached hydrogens (primary N) is 1. The Morgan fingerprint density at radius 2 is 1.75 bits per heavy atom. The highest BCUT2D eigenvalue weighted by Crippen LogP contribution is 2.44. The van der Waals surface area contributed by atoms with E-state index in [-0.39, 0.29) is 36.9 Å². The summed E-state index contributed by atoms with van der Waals surface area (Å²) in [4.78, 5) is 15.8. The van der Waals surface area contributed by atoms with Crippen molar-refractivity contribution in [2.24, 2.45) is 0 Å². The fourth-order valence-electron chi connectivity index (χ4n) is 4.04. The van der Waals surface area contributed by atoms with Crippen molar-refractivity contribution in [1.29, 1.82) is 0 Å². The van der Waals surface area contributed by atoms with Crippen LogP contribution in [-0.4, -0.2) is 40.5 Å². The third-order valence-corrected chi connectivity index (χ3v) is 5.65. The maximum Gasteiger partial charge on any atom is 0.407 e. The van der Waals surface area contributed by atoms with Crippen LogP contribution in [-0.2, 0) is 4.74 Å². The summed E-state index contributed by atoms with van der Waals surface area (Å²) in [6.07, 6.45) is -2.38. The molecule has 0 radical (unpaired) electrons. The van der Waals surface area contributed by atoms with Crippen molar-refractivity contribution in [3.05, 3.63) is 83.3 Å². The number of pyridine rings is 1. The maximum absolute atomic E-state index is 13.3. The highest BCUT2D eigenvalue weighted by Gasteiger charge is 2.29. The SMILES string of the molecule is Nc1ncc(F)cc1C(O)C(O)CCNC(=O)OCC1c2ccccc2-c2ccccc21. The van der Waals surface area contributed by atoms with Crippen LogP contribution >= 0.6 is 0 Å². The zero-order valence-corrected chi connectivity index (χ0v) is 17.2. The number of nitrogens with one attached hydrogen (secondary N) is 1. The summed E-state index contributed by atoms with van der Waals surface area (Å²) < 4.78 is 18.8. The number of aromatic nitrogens is 1. The van der Waals surface area contributed by atoms with Gasteiger partial charge >= 0.3 is 6.09 Å². The van der Waals surface area contributed by atoms with Gasteiger partial charge in [0.2, 0.25) is 0 Å².